The quantitative estimate of drug-likeness (QED) is 0.277. The van der Waals surface area contributed by atoms with Crippen LogP contribution in [0, 0.1) is 5.82 Å². The number of alkyl halides is 3. The number of rotatable bonds is 5. The molecular weight excluding hydrogens is 531 g/mol. The average Bonchev–Trinajstić information content (AvgIpc) is 3.22. The van der Waals surface area contributed by atoms with Crippen LogP contribution in [0.1, 0.15) is 30.0 Å². The van der Waals surface area contributed by atoms with Crippen molar-refractivity contribution in [3.05, 3.63) is 81.3 Å². The summed E-state index contributed by atoms with van der Waals surface area (Å²) in [6.07, 6.45) is -6.32. The Morgan fingerprint density at radius 2 is 1.80 bits per heavy atom. The smallest absolute Gasteiger partial charge is 0.380 e. The number of sulfone groups is 1. The van der Waals surface area contributed by atoms with Gasteiger partial charge in [-0.1, -0.05) is 54.4 Å². The van der Waals surface area contributed by atoms with Gasteiger partial charge in [0.15, 0.2) is 9.84 Å². The van der Waals surface area contributed by atoms with Crippen LogP contribution >= 0.6 is 23.2 Å². The van der Waals surface area contributed by atoms with Gasteiger partial charge >= 0.3 is 6.18 Å². The van der Waals surface area contributed by atoms with Crippen LogP contribution in [-0.2, 0) is 16.0 Å². The van der Waals surface area contributed by atoms with Gasteiger partial charge in [-0.25, -0.2) is 17.8 Å². The van der Waals surface area contributed by atoms with E-state index < -0.39 is 33.5 Å². The first-order valence-corrected chi connectivity index (χ1v) is 12.5. The molecule has 184 valence electrons. The van der Waals surface area contributed by atoms with E-state index in [1.54, 1.807) is 0 Å². The van der Waals surface area contributed by atoms with E-state index in [9.17, 15) is 31.1 Å². The number of imidazole rings is 1. The number of H-pyrrole nitrogens is 1. The van der Waals surface area contributed by atoms with Gasteiger partial charge < -0.3 is 10.1 Å². The molecule has 0 spiro atoms. The van der Waals surface area contributed by atoms with Gasteiger partial charge in [0, 0.05) is 11.1 Å². The number of aromatic amines is 1. The summed E-state index contributed by atoms with van der Waals surface area (Å²) in [6, 6.07) is 9.17. The van der Waals surface area contributed by atoms with Gasteiger partial charge in [0.2, 0.25) is 0 Å². The largest absolute Gasteiger partial charge is 0.417 e. The fourth-order valence-electron chi connectivity index (χ4n) is 3.66. The maximum absolute atomic E-state index is 14.7. The highest BCUT2D eigenvalue weighted by Crippen LogP contribution is 2.45. The van der Waals surface area contributed by atoms with Gasteiger partial charge in [-0.15, -0.1) is 0 Å². The molecule has 0 aliphatic heterocycles. The number of nitrogens with one attached hydrogen (secondary N) is 1. The van der Waals surface area contributed by atoms with Gasteiger partial charge in [0.05, 0.1) is 31.8 Å². The van der Waals surface area contributed by atoms with Crippen molar-refractivity contribution < 1.29 is 31.1 Å². The number of fused-ring (bicyclic) bond motifs is 1. The van der Waals surface area contributed by atoms with E-state index in [4.69, 9.17) is 23.2 Å². The summed E-state index contributed by atoms with van der Waals surface area (Å²) < 4.78 is 79.3. The van der Waals surface area contributed by atoms with Crippen molar-refractivity contribution >= 4 is 44.1 Å². The molecule has 0 saturated heterocycles. The monoisotopic (exact) mass is 546 g/mol. The predicted octanol–water partition coefficient (Wildman–Crippen LogP) is 6.57. The molecule has 1 heterocycles. The number of aliphatic hydroxyl groups is 1. The van der Waals surface area contributed by atoms with Crippen LogP contribution in [0.15, 0.2) is 53.4 Å². The van der Waals surface area contributed by atoms with Crippen molar-refractivity contribution in [3.8, 4) is 11.1 Å². The second-order valence-corrected chi connectivity index (χ2v) is 10.7. The van der Waals surface area contributed by atoms with Gasteiger partial charge in [0.1, 0.15) is 23.3 Å². The summed E-state index contributed by atoms with van der Waals surface area (Å²) in [6.45, 7) is 1.42. The van der Waals surface area contributed by atoms with Crippen LogP contribution in [0.3, 0.4) is 0 Å². The molecule has 12 heteroatoms. The van der Waals surface area contributed by atoms with E-state index in [-0.39, 0.29) is 54.2 Å². The number of hydrogen-bond acceptors (Lipinski definition) is 4. The Balaban J connectivity index is 1.82. The Labute approximate surface area is 207 Å². The molecule has 1 unspecified atom stereocenters. The molecule has 3 aromatic carbocycles. The minimum Gasteiger partial charge on any atom is -0.380 e. The van der Waals surface area contributed by atoms with Gasteiger partial charge in [-0.2, -0.15) is 13.2 Å². The number of aromatic nitrogens is 2. The topological polar surface area (TPSA) is 83.1 Å². The molecule has 0 saturated carbocycles. The molecular formula is C23H16Cl2F4N2O3S. The highest BCUT2D eigenvalue weighted by molar-refractivity contribution is 7.91. The lowest BCUT2D eigenvalue weighted by Crippen LogP contribution is -2.08. The molecule has 35 heavy (non-hydrogen) atoms. The van der Waals surface area contributed by atoms with Crippen LogP contribution < -0.4 is 0 Å². The Hall–Kier alpha value is -2.66. The van der Waals surface area contributed by atoms with E-state index in [0.29, 0.717) is 0 Å². The zero-order chi connectivity index (χ0) is 25.7. The predicted molar refractivity (Wildman–Crippen MR) is 125 cm³/mol. The van der Waals surface area contributed by atoms with E-state index in [0.717, 1.165) is 18.2 Å². The van der Waals surface area contributed by atoms with Crippen molar-refractivity contribution in [2.24, 2.45) is 0 Å². The first kappa shape index (κ1) is 25.4. The zero-order valence-corrected chi connectivity index (χ0v) is 20.1. The van der Waals surface area contributed by atoms with Gasteiger partial charge in [0.25, 0.3) is 0 Å². The summed E-state index contributed by atoms with van der Waals surface area (Å²) in [5.41, 5.74) is -1.33. The third-order valence-electron chi connectivity index (χ3n) is 5.45. The highest BCUT2D eigenvalue weighted by Gasteiger charge is 2.35. The summed E-state index contributed by atoms with van der Waals surface area (Å²) in [7, 11) is -3.66. The fraction of sp³-hybridized carbons (Fsp3) is 0.174. The van der Waals surface area contributed by atoms with Crippen LogP contribution in [0.5, 0.6) is 0 Å². The highest BCUT2D eigenvalue weighted by atomic mass is 35.5. The van der Waals surface area contributed by atoms with Crippen molar-refractivity contribution in [2.45, 2.75) is 24.1 Å². The first-order chi connectivity index (χ1) is 16.3. The maximum atomic E-state index is 14.7. The van der Waals surface area contributed by atoms with Crippen LogP contribution in [0.4, 0.5) is 17.6 Å². The molecule has 1 aromatic heterocycles. The molecule has 0 radical (unpaired) electrons. The third-order valence-corrected chi connectivity index (χ3v) is 7.85. The number of hydrogen-bond donors (Lipinski definition) is 2. The first-order valence-electron chi connectivity index (χ1n) is 10.1. The second kappa shape index (κ2) is 9.09. The summed E-state index contributed by atoms with van der Waals surface area (Å²) in [4.78, 5) is 6.68. The Kier molecular flexibility index (Phi) is 6.60. The lowest BCUT2D eigenvalue weighted by atomic mass is 9.98. The molecule has 0 amide bonds. The lowest BCUT2D eigenvalue weighted by Gasteiger charge is -2.15. The van der Waals surface area contributed by atoms with Gasteiger partial charge in [-0.05, 0) is 29.8 Å². The van der Waals surface area contributed by atoms with Crippen LogP contribution in [0.2, 0.25) is 10.0 Å². The number of nitrogens with zero attached hydrogens (tertiary/aromatic N) is 1. The Morgan fingerprint density at radius 1 is 1.11 bits per heavy atom. The maximum Gasteiger partial charge on any atom is 0.417 e. The minimum absolute atomic E-state index is 0.0164. The number of benzene rings is 3. The summed E-state index contributed by atoms with van der Waals surface area (Å²) in [5.74, 6) is -1.36. The summed E-state index contributed by atoms with van der Waals surface area (Å²) >= 11 is 12.7. The van der Waals surface area contributed by atoms with Gasteiger partial charge in [-0.3, -0.25) is 0 Å². The van der Waals surface area contributed by atoms with Crippen LogP contribution in [0.25, 0.3) is 22.2 Å². The van der Waals surface area contributed by atoms with Crippen molar-refractivity contribution in [3.63, 3.8) is 0 Å². The van der Waals surface area contributed by atoms with Crippen LogP contribution in [-0.4, -0.2) is 29.2 Å². The molecule has 0 bridgehead atoms. The lowest BCUT2D eigenvalue weighted by molar-refractivity contribution is -0.137. The van der Waals surface area contributed by atoms with Crippen molar-refractivity contribution in [1.29, 1.82) is 0 Å². The van der Waals surface area contributed by atoms with E-state index in [2.05, 4.69) is 9.97 Å². The van der Waals surface area contributed by atoms with E-state index >= 15 is 0 Å². The van der Waals surface area contributed by atoms with E-state index in [1.807, 2.05) is 0 Å². The molecule has 1 atom stereocenters. The number of halogens is 6. The normalized spacial score (nSPS) is 13.4. The second-order valence-electron chi connectivity index (χ2n) is 7.60. The number of aliphatic hydroxyl groups excluding tert-OH is 1. The third kappa shape index (κ3) is 4.63. The molecule has 2 N–H and O–H groups in total. The van der Waals surface area contributed by atoms with Crippen molar-refractivity contribution in [1.82, 2.24) is 9.97 Å². The molecule has 4 aromatic rings. The molecule has 0 aliphatic carbocycles. The zero-order valence-electron chi connectivity index (χ0n) is 17.8. The molecule has 0 aliphatic rings. The van der Waals surface area contributed by atoms with E-state index in [1.165, 1.54) is 37.3 Å². The Morgan fingerprint density at radius 3 is 2.43 bits per heavy atom. The molecule has 0 fully saturated rings. The standard InChI is InChI=1S/C23H16Cl2F4N2O3S/c1-2-35(33,34)11-7-8-13(16(26)9-11)21(32)22-30-17-10-15(24)18(19(25)20(17)31-22)12-5-3-4-6-14(12)23(27,28)29/h3-10,21,32H,2H2,1H3,(H,30,31). The Bertz CT molecular complexity index is 1550. The summed E-state index contributed by atoms with van der Waals surface area (Å²) in [5, 5.41) is 10.4. The molecule has 5 nitrogen and oxygen atoms in total. The van der Waals surface area contributed by atoms with Crippen molar-refractivity contribution in [2.75, 3.05) is 5.75 Å². The SMILES string of the molecule is CCS(=O)(=O)c1ccc(C(O)c2nc3c(Cl)c(-c4ccccc4C(F)(F)F)c(Cl)cc3[nH]2)c(F)c1. The average molecular weight is 547 g/mol. The fourth-order valence-corrected chi connectivity index (χ4v) is 5.25. The molecule has 4 rings (SSSR count). The minimum atomic E-state index is -4.67.